The second-order valence-corrected chi connectivity index (χ2v) is 5.47. The van der Waals surface area contributed by atoms with E-state index >= 15 is 0 Å². The number of nitro groups is 1. The predicted octanol–water partition coefficient (Wildman–Crippen LogP) is 2.21. The lowest BCUT2D eigenvalue weighted by Crippen LogP contribution is -2.45. The van der Waals surface area contributed by atoms with Crippen LogP contribution in [0.25, 0.3) is 0 Å². The van der Waals surface area contributed by atoms with Gasteiger partial charge in [0.2, 0.25) is 0 Å². The van der Waals surface area contributed by atoms with Gasteiger partial charge < -0.3 is 9.42 Å². The summed E-state index contributed by atoms with van der Waals surface area (Å²) >= 11 is 0. The third-order valence-corrected chi connectivity index (χ3v) is 3.85. The Bertz CT molecular complexity index is 645. The fourth-order valence-electron chi connectivity index (χ4n) is 2.66. The molecule has 116 valence electrons. The second-order valence-electron chi connectivity index (χ2n) is 5.47. The lowest BCUT2D eigenvalue weighted by molar-refractivity contribution is -0.384. The maximum absolute atomic E-state index is 10.7. The Hall–Kier alpha value is -2.41. The highest BCUT2D eigenvalue weighted by Gasteiger charge is 2.19. The average molecular weight is 302 g/mol. The van der Waals surface area contributed by atoms with Gasteiger partial charge >= 0.3 is 0 Å². The van der Waals surface area contributed by atoms with Crippen molar-refractivity contribution < 1.29 is 9.45 Å². The monoisotopic (exact) mass is 302 g/mol. The molecule has 2 aromatic rings. The lowest BCUT2D eigenvalue weighted by Gasteiger charge is -2.35. The number of benzene rings is 1. The number of non-ortho nitro benzene ring substituents is 1. The molecule has 1 aliphatic rings. The molecule has 0 bridgehead atoms. The van der Waals surface area contributed by atoms with Crippen molar-refractivity contribution >= 4 is 11.4 Å². The van der Waals surface area contributed by atoms with Crippen molar-refractivity contribution in [2.45, 2.75) is 13.5 Å². The van der Waals surface area contributed by atoms with Crippen molar-refractivity contribution in [3.8, 4) is 0 Å². The van der Waals surface area contributed by atoms with Gasteiger partial charge in [-0.25, -0.2) is 0 Å². The molecule has 1 aliphatic heterocycles. The van der Waals surface area contributed by atoms with E-state index in [2.05, 4.69) is 15.0 Å². The van der Waals surface area contributed by atoms with Crippen LogP contribution in [0, 0.1) is 17.0 Å². The number of hydrogen-bond donors (Lipinski definition) is 0. The van der Waals surface area contributed by atoms with Crippen molar-refractivity contribution in [2.24, 2.45) is 0 Å². The third kappa shape index (κ3) is 3.25. The van der Waals surface area contributed by atoms with Crippen molar-refractivity contribution in [1.82, 2.24) is 10.1 Å². The van der Waals surface area contributed by atoms with Gasteiger partial charge in [-0.05, 0) is 19.1 Å². The summed E-state index contributed by atoms with van der Waals surface area (Å²) in [5.74, 6) is 0.890. The Morgan fingerprint density at radius 3 is 2.45 bits per heavy atom. The van der Waals surface area contributed by atoms with Crippen LogP contribution in [0.2, 0.25) is 0 Å². The van der Waals surface area contributed by atoms with E-state index in [4.69, 9.17) is 4.52 Å². The minimum Gasteiger partial charge on any atom is -0.369 e. The Kier molecular flexibility index (Phi) is 4.06. The van der Waals surface area contributed by atoms with Crippen molar-refractivity contribution in [1.29, 1.82) is 0 Å². The molecule has 0 aliphatic carbocycles. The van der Waals surface area contributed by atoms with Crippen LogP contribution in [-0.2, 0) is 6.54 Å². The molecule has 1 aromatic heterocycles. The van der Waals surface area contributed by atoms with E-state index in [9.17, 15) is 10.1 Å². The quantitative estimate of drug-likeness (QED) is 0.636. The molecule has 1 fully saturated rings. The van der Waals surface area contributed by atoms with E-state index < -0.39 is 0 Å². The number of piperazine rings is 1. The molecule has 7 nitrogen and oxygen atoms in total. The normalized spacial score (nSPS) is 16.0. The number of hydrogen-bond acceptors (Lipinski definition) is 6. The highest BCUT2D eigenvalue weighted by atomic mass is 16.6. The van der Waals surface area contributed by atoms with Crippen LogP contribution in [0.15, 0.2) is 34.9 Å². The zero-order chi connectivity index (χ0) is 15.5. The molecule has 1 saturated heterocycles. The van der Waals surface area contributed by atoms with Gasteiger partial charge in [0.25, 0.3) is 5.69 Å². The molecule has 22 heavy (non-hydrogen) atoms. The van der Waals surface area contributed by atoms with Gasteiger partial charge in [0.1, 0.15) is 0 Å². The number of rotatable bonds is 4. The first-order chi connectivity index (χ1) is 10.6. The average Bonchev–Trinajstić information content (AvgIpc) is 2.93. The molecular weight excluding hydrogens is 284 g/mol. The van der Waals surface area contributed by atoms with Crippen LogP contribution in [-0.4, -0.2) is 41.2 Å². The molecule has 0 atom stereocenters. The van der Waals surface area contributed by atoms with E-state index in [1.165, 1.54) is 0 Å². The molecular formula is C15H18N4O3. The van der Waals surface area contributed by atoms with Crippen LogP contribution in [0.4, 0.5) is 11.4 Å². The second kappa shape index (κ2) is 6.15. The van der Waals surface area contributed by atoms with Crippen LogP contribution in [0.3, 0.4) is 0 Å². The van der Waals surface area contributed by atoms with Crippen LogP contribution in [0.5, 0.6) is 0 Å². The molecule has 2 heterocycles. The van der Waals surface area contributed by atoms with Gasteiger partial charge in [-0.3, -0.25) is 15.0 Å². The maximum Gasteiger partial charge on any atom is 0.269 e. The molecule has 0 unspecified atom stereocenters. The summed E-state index contributed by atoms with van der Waals surface area (Å²) in [4.78, 5) is 14.9. The topological polar surface area (TPSA) is 75.7 Å². The molecule has 0 spiro atoms. The van der Waals surface area contributed by atoms with Crippen LogP contribution >= 0.6 is 0 Å². The fraction of sp³-hybridized carbons (Fsp3) is 0.400. The largest absolute Gasteiger partial charge is 0.369 e. The molecule has 3 rings (SSSR count). The van der Waals surface area contributed by atoms with E-state index in [-0.39, 0.29) is 10.6 Å². The summed E-state index contributed by atoms with van der Waals surface area (Å²) in [6.45, 7) is 6.33. The minimum absolute atomic E-state index is 0.128. The summed E-state index contributed by atoms with van der Waals surface area (Å²) < 4.78 is 5.24. The molecule has 0 saturated carbocycles. The Balaban J connectivity index is 1.56. The van der Waals surface area contributed by atoms with Crippen molar-refractivity contribution in [3.63, 3.8) is 0 Å². The van der Waals surface area contributed by atoms with E-state index in [0.29, 0.717) is 0 Å². The minimum atomic E-state index is -0.374. The third-order valence-electron chi connectivity index (χ3n) is 3.85. The van der Waals surface area contributed by atoms with Gasteiger partial charge in [0.15, 0.2) is 5.76 Å². The van der Waals surface area contributed by atoms with Gasteiger partial charge in [-0.1, -0.05) is 5.16 Å². The Labute approximate surface area is 128 Å². The SMILES string of the molecule is Cc1cc(CN2CCN(c3ccc([N+](=O)[O-])cc3)CC2)on1. The molecule has 1 aromatic carbocycles. The first-order valence-corrected chi connectivity index (χ1v) is 7.26. The zero-order valence-corrected chi connectivity index (χ0v) is 12.4. The highest BCUT2D eigenvalue weighted by molar-refractivity contribution is 5.51. The van der Waals surface area contributed by atoms with Crippen molar-refractivity contribution in [3.05, 3.63) is 51.9 Å². The summed E-state index contributed by atoms with van der Waals surface area (Å²) in [6, 6.07) is 8.70. The highest BCUT2D eigenvalue weighted by Crippen LogP contribution is 2.21. The number of aryl methyl sites for hydroxylation is 1. The fourth-order valence-corrected chi connectivity index (χ4v) is 2.66. The Morgan fingerprint density at radius 1 is 1.23 bits per heavy atom. The summed E-state index contributed by atoms with van der Waals surface area (Å²) in [5, 5.41) is 14.6. The van der Waals surface area contributed by atoms with E-state index in [1.807, 2.05) is 25.1 Å². The van der Waals surface area contributed by atoms with Crippen LogP contribution in [0.1, 0.15) is 11.5 Å². The first kappa shape index (κ1) is 14.5. The van der Waals surface area contributed by atoms with Gasteiger partial charge in [0, 0.05) is 50.1 Å². The molecule has 0 N–H and O–H groups in total. The zero-order valence-electron chi connectivity index (χ0n) is 12.4. The number of aromatic nitrogens is 1. The summed E-state index contributed by atoms with van der Waals surface area (Å²) in [7, 11) is 0. The summed E-state index contributed by atoms with van der Waals surface area (Å²) in [6.07, 6.45) is 0. The van der Waals surface area contributed by atoms with E-state index in [1.54, 1.807) is 12.1 Å². The lowest BCUT2D eigenvalue weighted by atomic mass is 10.2. The van der Waals surface area contributed by atoms with Crippen molar-refractivity contribution in [2.75, 3.05) is 31.1 Å². The van der Waals surface area contributed by atoms with Gasteiger partial charge in [-0.2, -0.15) is 0 Å². The molecule has 7 heteroatoms. The number of nitrogens with zero attached hydrogens (tertiary/aromatic N) is 4. The predicted molar refractivity (Wildman–Crippen MR) is 81.8 cm³/mol. The number of anilines is 1. The first-order valence-electron chi connectivity index (χ1n) is 7.26. The molecule has 0 amide bonds. The standard InChI is InChI=1S/C15H18N4O3/c1-12-10-15(22-16-12)11-17-6-8-18(9-7-17)13-2-4-14(5-3-13)19(20)21/h2-5,10H,6-9,11H2,1H3. The summed E-state index contributed by atoms with van der Waals surface area (Å²) in [5.41, 5.74) is 2.06. The van der Waals surface area contributed by atoms with Crippen LogP contribution < -0.4 is 4.90 Å². The van der Waals surface area contributed by atoms with Gasteiger partial charge in [-0.15, -0.1) is 0 Å². The van der Waals surface area contributed by atoms with Gasteiger partial charge in [0.05, 0.1) is 17.2 Å². The Morgan fingerprint density at radius 2 is 1.91 bits per heavy atom. The molecule has 0 radical (unpaired) electrons. The smallest absolute Gasteiger partial charge is 0.269 e. The number of nitro benzene ring substituents is 1. The maximum atomic E-state index is 10.7. The van der Waals surface area contributed by atoms with E-state index in [0.717, 1.165) is 49.9 Å².